The average Bonchev–Trinajstić information content (AvgIpc) is 2.39. The SMILES string of the molecule is Cc1ccc(F)c(NS(=O)(=O)c2ncccc2F)c1F. The summed E-state index contributed by atoms with van der Waals surface area (Å²) in [5, 5.41) is -0.930. The van der Waals surface area contributed by atoms with Crippen LogP contribution in [0.1, 0.15) is 5.56 Å². The van der Waals surface area contributed by atoms with Gasteiger partial charge in [0.15, 0.2) is 11.6 Å². The standard InChI is InChI=1S/C12H9F3N2O2S/c1-7-4-5-8(13)11(10(7)15)17-20(18,19)12-9(14)3-2-6-16-12/h2-6,17H,1H3. The second-order valence-corrected chi connectivity index (χ2v) is 5.55. The van der Waals surface area contributed by atoms with Crippen molar-refractivity contribution in [1.29, 1.82) is 0 Å². The zero-order chi connectivity index (χ0) is 14.9. The third-order valence-corrected chi connectivity index (χ3v) is 3.78. The minimum absolute atomic E-state index is 0.0468. The predicted molar refractivity (Wildman–Crippen MR) is 66.1 cm³/mol. The van der Waals surface area contributed by atoms with E-state index in [0.717, 1.165) is 24.4 Å². The summed E-state index contributed by atoms with van der Waals surface area (Å²) >= 11 is 0. The predicted octanol–water partition coefficient (Wildman–Crippen LogP) is 2.61. The first-order chi connectivity index (χ1) is 9.33. The van der Waals surface area contributed by atoms with Crippen molar-refractivity contribution < 1.29 is 21.6 Å². The minimum atomic E-state index is -4.52. The number of anilines is 1. The van der Waals surface area contributed by atoms with Crippen molar-refractivity contribution in [3.63, 3.8) is 0 Å². The molecule has 2 aromatic rings. The van der Waals surface area contributed by atoms with Gasteiger partial charge in [-0.1, -0.05) is 6.07 Å². The first kappa shape index (κ1) is 14.3. The van der Waals surface area contributed by atoms with Crippen LogP contribution < -0.4 is 4.72 Å². The topological polar surface area (TPSA) is 59.1 Å². The second kappa shape index (κ2) is 5.12. The molecule has 0 radical (unpaired) electrons. The fourth-order valence-electron chi connectivity index (χ4n) is 1.50. The van der Waals surface area contributed by atoms with E-state index in [4.69, 9.17) is 0 Å². The lowest BCUT2D eigenvalue weighted by molar-refractivity contribution is 0.553. The normalized spacial score (nSPS) is 11.4. The van der Waals surface area contributed by atoms with Gasteiger partial charge >= 0.3 is 0 Å². The maximum Gasteiger partial charge on any atom is 0.282 e. The van der Waals surface area contributed by atoms with E-state index in [0.29, 0.717) is 0 Å². The lowest BCUT2D eigenvalue weighted by Crippen LogP contribution is -2.18. The van der Waals surface area contributed by atoms with Gasteiger partial charge in [0.05, 0.1) is 0 Å². The number of halogens is 3. The highest BCUT2D eigenvalue weighted by molar-refractivity contribution is 7.92. The van der Waals surface area contributed by atoms with Gasteiger partial charge in [0.2, 0.25) is 5.03 Å². The fraction of sp³-hybridized carbons (Fsp3) is 0.0833. The molecule has 0 bridgehead atoms. The molecule has 0 saturated heterocycles. The lowest BCUT2D eigenvalue weighted by atomic mass is 10.2. The first-order valence-corrected chi connectivity index (χ1v) is 6.89. The number of rotatable bonds is 3. The van der Waals surface area contributed by atoms with E-state index in [1.807, 2.05) is 0 Å². The van der Waals surface area contributed by atoms with Crippen molar-refractivity contribution in [2.24, 2.45) is 0 Å². The van der Waals surface area contributed by atoms with E-state index in [1.165, 1.54) is 13.0 Å². The van der Waals surface area contributed by atoms with Crippen LogP contribution in [0, 0.1) is 24.4 Å². The molecule has 0 aliphatic rings. The molecule has 2 rings (SSSR count). The number of aryl methyl sites for hydroxylation is 1. The van der Waals surface area contributed by atoms with Crippen LogP contribution in [0.5, 0.6) is 0 Å². The minimum Gasteiger partial charge on any atom is -0.272 e. The number of sulfonamides is 1. The van der Waals surface area contributed by atoms with Gasteiger partial charge in [-0.3, -0.25) is 4.72 Å². The Morgan fingerprint density at radius 2 is 1.80 bits per heavy atom. The number of hydrogen-bond donors (Lipinski definition) is 1. The molecule has 106 valence electrons. The molecule has 0 saturated carbocycles. The van der Waals surface area contributed by atoms with Gasteiger partial charge in [0.1, 0.15) is 11.5 Å². The van der Waals surface area contributed by atoms with E-state index >= 15 is 0 Å². The van der Waals surface area contributed by atoms with E-state index in [-0.39, 0.29) is 5.56 Å². The Morgan fingerprint density at radius 1 is 1.10 bits per heavy atom. The summed E-state index contributed by atoms with van der Waals surface area (Å²) in [6.45, 7) is 1.34. The molecule has 0 atom stereocenters. The van der Waals surface area contributed by atoms with Gasteiger partial charge in [-0.2, -0.15) is 8.42 Å². The summed E-state index contributed by atoms with van der Waals surface area (Å²) in [5.41, 5.74) is -0.819. The average molecular weight is 302 g/mol. The second-order valence-electron chi connectivity index (χ2n) is 3.95. The van der Waals surface area contributed by atoms with Crippen LogP contribution in [-0.4, -0.2) is 13.4 Å². The summed E-state index contributed by atoms with van der Waals surface area (Å²) in [6, 6.07) is 4.14. The highest BCUT2D eigenvalue weighted by Crippen LogP contribution is 2.24. The molecule has 0 aliphatic carbocycles. The zero-order valence-corrected chi connectivity index (χ0v) is 11.0. The van der Waals surface area contributed by atoms with Gasteiger partial charge in [-0.05, 0) is 30.7 Å². The molecular formula is C12H9F3N2O2S. The smallest absolute Gasteiger partial charge is 0.272 e. The third-order valence-electron chi connectivity index (χ3n) is 2.50. The van der Waals surface area contributed by atoms with Gasteiger partial charge in [0.25, 0.3) is 10.0 Å². The maximum absolute atomic E-state index is 13.7. The van der Waals surface area contributed by atoms with Crippen molar-refractivity contribution in [1.82, 2.24) is 4.98 Å². The molecule has 4 nitrogen and oxygen atoms in total. The van der Waals surface area contributed by atoms with Crippen molar-refractivity contribution in [2.75, 3.05) is 4.72 Å². The highest BCUT2D eigenvalue weighted by Gasteiger charge is 2.24. The van der Waals surface area contributed by atoms with Crippen LogP contribution in [0.15, 0.2) is 35.5 Å². The lowest BCUT2D eigenvalue weighted by Gasteiger charge is -2.10. The van der Waals surface area contributed by atoms with E-state index in [9.17, 15) is 21.6 Å². The number of nitrogens with one attached hydrogen (secondary N) is 1. The Kier molecular flexibility index (Phi) is 3.67. The number of aromatic nitrogens is 1. The fourth-order valence-corrected chi connectivity index (χ4v) is 2.58. The number of pyridine rings is 1. The molecule has 0 fully saturated rings. The molecule has 1 N–H and O–H groups in total. The molecule has 1 aromatic carbocycles. The first-order valence-electron chi connectivity index (χ1n) is 5.41. The molecule has 0 unspecified atom stereocenters. The summed E-state index contributed by atoms with van der Waals surface area (Å²) in [4.78, 5) is 3.36. The number of benzene rings is 1. The summed E-state index contributed by atoms with van der Waals surface area (Å²) in [5.74, 6) is -3.29. The van der Waals surface area contributed by atoms with Crippen molar-refractivity contribution in [2.45, 2.75) is 11.9 Å². The van der Waals surface area contributed by atoms with Gasteiger partial charge in [-0.15, -0.1) is 0 Å². The van der Waals surface area contributed by atoms with Crippen LogP contribution in [0.3, 0.4) is 0 Å². The molecule has 8 heteroatoms. The molecule has 20 heavy (non-hydrogen) atoms. The van der Waals surface area contributed by atoms with Crippen LogP contribution >= 0.6 is 0 Å². The van der Waals surface area contributed by atoms with E-state index < -0.39 is 38.2 Å². The van der Waals surface area contributed by atoms with Gasteiger partial charge in [0, 0.05) is 6.20 Å². The Labute approximate surface area is 113 Å². The molecule has 0 spiro atoms. The van der Waals surface area contributed by atoms with Gasteiger partial charge in [-0.25, -0.2) is 18.2 Å². The molecule has 0 aliphatic heterocycles. The van der Waals surface area contributed by atoms with Gasteiger partial charge < -0.3 is 0 Å². The van der Waals surface area contributed by atoms with Crippen LogP contribution in [0.25, 0.3) is 0 Å². The quantitative estimate of drug-likeness (QED) is 0.948. The number of nitrogens with zero attached hydrogens (tertiary/aromatic N) is 1. The van der Waals surface area contributed by atoms with Crippen molar-refractivity contribution in [3.05, 3.63) is 53.5 Å². The van der Waals surface area contributed by atoms with E-state index in [2.05, 4.69) is 4.98 Å². The molecular weight excluding hydrogens is 293 g/mol. The molecule has 1 heterocycles. The maximum atomic E-state index is 13.7. The Morgan fingerprint density at radius 3 is 2.45 bits per heavy atom. The Hall–Kier alpha value is -2.09. The van der Waals surface area contributed by atoms with Crippen LogP contribution in [0.4, 0.5) is 18.9 Å². The third kappa shape index (κ3) is 2.60. The van der Waals surface area contributed by atoms with Crippen molar-refractivity contribution >= 4 is 15.7 Å². The summed E-state index contributed by atoms with van der Waals surface area (Å²) in [7, 11) is -4.52. The highest BCUT2D eigenvalue weighted by atomic mass is 32.2. The summed E-state index contributed by atoms with van der Waals surface area (Å²) in [6.07, 6.45) is 1.06. The summed E-state index contributed by atoms with van der Waals surface area (Å²) < 4.78 is 66.1. The Balaban J connectivity index is 2.50. The van der Waals surface area contributed by atoms with Crippen molar-refractivity contribution in [3.8, 4) is 0 Å². The zero-order valence-electron chi connectivity index (χ0n) is 10.2. The molecule has 0 amide bonds. The molecule has 1 aromatic heterocycles. The monoisotopic (exact) mass is 302 g/mol. The Bertz CT molecular complexity index is 763. The van der Waals surface area contributed by atoms with Crippen LogP contribution in [0.2, 0.25) is 0 Å². The van der Waals surface area contributed by atoms with Crippen LogP contribution in [-0.2, 0) is 10.0 Å². The largest absolute Gasteiger partial charge is 0.282 e. The van der Waals surface area contributed by atoms with E-state index in [1.54, 1.807) is 4.72 Å². The number of hydrogen-bond acceptors (Lipinski definition) is 3.